The average molecular weight is 453 g/mol. The average Bonchev–Trinajstić information content (AvgIpc) is 2.59. The van der Waals surface area contributed by atoms with E-state index in [2.05, 4.69) is 26.6 Å². The number of hydrogen-bond acceptors (Lipinski definition) is 4. The van der Waals surface area contributed by atoms with Gasteiger partial charge in [0.15, 0.2) is 9.84 Å². The van der Waals surface area contributed by atoms with E-state index in [9.17, 15) is 18.0 Å². The first-order valence-electron chi connectivity index (χ1n) is 8.36. The van der Waals surface area contributed by atoms with Crippen molar-refractivity contribution in [1.29, 1.82) is 0 Å². The minimum absolute atomic E-state index is 0.155. The number of carbonyl (C=O) groups excluding carboxylic acids is 2. The van der Waals surface area contributed by atoms with Crippen molar-refractivity contribution in [2.75, 3.05) is 18.8 Å². The van der Waals surface area contributed by atoms with Crippen LogP contribution in [0.4, 0.5) is 0 Å². The SMILES string of the molecule is O=C(Cc1ccccc1)NCCNC(=O)CS(=O)(=O)Cc1cccc(Br)c1. The molecule has 0 aliphatic heterocycles. The largest absolute Gasteiger partial charge is 0.354 e. The smallest absolute Gasteiger partial charge is 0.235 e. The molecule has 144 valence electrons. The molecular weight excluding hydrogens is 432 g/mol. The quantitative estimate of drug-likeness (QED) is 0.567. The van der Waals surface area contributed by atoms with Gasteiger partial charge in [0.1, 0.15) is 5.75 Å². The van der Waals surface area contributed by atoms with Crippen LogP contribution in [0.5, 0.6) is 0 Å². The van der Waals surface area contributed by atoms with E-state index < -0.39 is 21.5 Å². The second-order valence-electron chi connectivity index (χ2n) is 6.02. The molecule has 0 aliphatic carbocycles. The molecule has 0 bridgehead atoms. The van der Waals surface area contributed by atoms with Gasteiger partial charge in [-0.3, -0.25) is 9.59 Å². The summed E-state index contributed by atoms with van der Waals surface area (Å²) < 4.78 is 25.0. The van der Waals surface area contributed by atoms with Crippen LogP contribution in [0.15, 0.2) is 59.1 Å². The molecular formula is C19H21BrN2O4S. The lowest BCUT2D eigenvalue weighted by Crippen LogP contribution is -2.37. The van der Waals surface area contributed by atoms with Crippen LogP contribution in [-0.4, -0.2) is 39.1 Å². The Bertz CT molecular complexity index is 886. The molecule has 0 fully saturated rings. The highest BCUT2D eigenvalue weighted by molar-refractivity contribution is 9.10. The summed E-state index contributed by atoms with van der Waals surface area (Å²) in [6.07, 6.45) is 0.260. The maximum Gasteiger partial charge on any atom is 0.235 e. The Labute approximate surface area is 167 Å². The second-order valence-corrected chi connectivity index (χ2v) is 9.00. The van der Waals surface area contributed by atoms with Crippen molar-refractivity contribution in [1.82, 2.24) is 10.6 Å². The Hall–Kier alpha value is -2.19. The molecule has 0 atom stereocenters. The van der Waals surface area contributed by atoms with Crippen LogP contribution in [0.25, 0.3) is 0 Å². The summed E-state index contributed by atoms with van der Waals surface area (Å²) in [6.45, 7) is 0.412. The van der Waals surface area contributed by atoms with Crippen molar-refractivity contribution < 1.29 is 18.0 Å². The molecule has 6 nitrogen and oxygen atoms in total. The molecule has 0 spiro atoms. The normalized spacial score (nSPS) is 11.0. The monoisotopic (exact) mass is 452 g/mol. The molecule has 2 amide bonds. The molecule has 0 aromatic heterocycles. The standard InChI is InChI=1S/C19H21BrN2O4S/c20-17-8-4-7-16(11-17)13-27(25,26)14-19(24)22-10-9-21-18(23)12-15-5-2-1-3-6-15/h1-8,11H,9-10,12-14H2,(H,21,23)(H,22,24). The topological polar surface area (TPSA) is 92.3 Å². The maximum atomic E-state index is 12.1. The molecule has 0 saturated heterocycles. The maximum absolute atomic E-state index is 12.1. The van der Waals surface area contributed by atoms with E-state index in [-0.39, 0.29) is 31.2 Å². The molecule has 8 heteroatoms. The van der Waals surface area contributed by atoms with Gasteiger partial charge in [-0.25, -0.2) is 8.42 Å². The third-order valence-corrected chi connectivity index (χ3v) is 5.57. The molecule has 2 aromatic rings. The number of nitrogens with one attached hydrogen (secondary N) is 2. The summed E-state index contributed by atoms with van der Waals surface area (Å²) in [5, 5.41) is 5.20. The molecule has 0 heterocycles. The van der Waals surface area contributed by atoms with Crippen LogP contribution in [0.3, 0.4) is 0 Å². The Morgan fingerprint density at radius 1 is 0.852 bits per heavy atom. The van der Waals surface area contributed by atoms with Crippen molar-refractivity contribution >= 4 is 37.6 Å². The summed E-state index contributed by atoms with van der Waals surface area (Å²) in [7, 11) is -3.57. The molecule has 2 rings (SSSR count). The molecule has 0 aliphatic rings. The number of sulfone groups is 1. The lowest BCUT2D eigenvalue weighted by Gasteiger charge is -2.08. The van der Waals surface area contributed by atoms with Crippen LogP contribution in [0.2, 0.25) is 0 Å². The predicted molar refractivity (Wildman–Crippen MR) is 108 cm³/mol. The van der Waals surface area contributed by atoms with E-state index in [4.69, 9.17) is 0 Å². The fourth-order valence-electron chi connectivity index (χ4n) is 2.43. The second kappa shape index (κ2) is 10.2. The zero-order chi connectivity index (χ0) is 19.7. The molecule has 0 unspecified atom stereocenters. The summed E-state index contributed by atoms with van der Waals surface area (Å²) >= 11 is 3.29. The Kier molecular flexibility index (Phi) is 7.99. The van der Waals surface area contributed by atoms with Crippen LogP contribution in [-0.2, 0) is 31.6 Å². The first kappa shape index (κ1) is 21.1. The number of carbonyl (C=O) groups is 2. The molecule has 2 N–H and O–H groups in total. The zero-order valence-corrected chi connectivity index (χ0v) is 17.1. The number of rotatable bonds is 9. The summed E-state index contributed by atoms with van der Waals surface area (Å²) in [5.41, 5.74) is 1.52. The van der Waals surface area contributed by atoms with E-state index in [1.54, 1.807) is 24.3 Å². The van der Waals surface area contributed by atoms with Crippen LogP contribution >= 0.6 is 15.9 Å². The lowest BCUT2D eigenvalue weighted by molar-refractivity contribution is -0.121. The van der Waals surface area contributed by atoms with Gasteiger partial charge >= 0.3 is 0 Å². The Morgan fingerprint density at radius 3 is 2.15 bits per heavy atom. The van der Waals surface area contributed by atoms with Crippen molar-refractivity contribution in [3.05, 3.63) is 70.2 Å². The van der Waals surface area contributed by atoms with Gasteiger partial charge in [0.25, 0.3) is 0 Å². The molecule has 0 saturated carbocycles. The lowest BCUT2D eigenvalue weighted by atomic mass is 10.1. The third kappa shape index (κ3) is 8.36. The fourth-order valence-corrected chi connectivity index (χ4v) is 4.17. The van der Waals surface area contributed by atoms with Crippen molar-refractivity contribution in [2.45, 2.75) is 12.2 Å². The van der Waals surface area contributed by atoms with Crippen molar-refractivity contribution in [3.63, 3.8) is 0 Å². The van der Waals surface area contributed by atoms with Crippen LogP contribution < -0.4 is 10.6 Å². The fraction of sp³-hybridized carbons (Fsp3) is 0.263. The van der Waals surface area contributed by atoms with Gasteiger partial charge in [-0.15, -0.1) is 0 Å². The van der Waals surface area contributed by atoms with E-state index >= 15 is 0 Å². The van der Waals surface area contributed by atoms with Gasteiger partial charge in [-0.05, 0) is 23.3 Å². The predicted octanol–water partition coefficient (Wildman–Crippen LogP) is 1.84. The van der Waals surface area contributed by atoms with Gasteiger partial charge in [0.2, 0.25) is 11.8 Å². The Morgan fingerprint density at radius 2 is 1.48 bits per heavy atom. The third-order valence-electron chi connectivity index (χ3n) is 3.60. The molecule has 2 aromatic carbocycles. The highest BCUT2D eigenvalue weighted by atomic mass is 79.9. The van der Waals surface area contributed by atoms with Crippen LogP contribution in [0.1, 0.15) is 11.1 Å². The molecule has 27 heavy (non-hydrogen) atoms. The van der Waals surface area contributed by atoms with Gasteiger partial charge in [0.05, 0.1) is 12.2 Å². The minimum atomic E-state index is -3.57. The first-order valence-corrected chi connectivity index (χ1v) is 11.0. The summed E-state index contributed by atoms with van der Waals surface area (Å²) in [6, 6.07) is 16.3. The molecule has 0 radical (unpaired) electrons. The minimum Gasteiger partial charge on any atom is -0.354 e. The van der Waals surface area contributed by atoms with E-state index in [1.165, 1.54) is 0 Å². The van der Waals surface area contributed by atoms with Crippen molar-refractivity contribution in [2.24, 2.45) is 0 Å². The van der Waals surface area contributed by atoms with Gasteiger partial charge in [0, 0.05) is 17.6 Å². The summed E-state index contributed by atoms with van der Waals surface area (Å²) in [5.74, 6) is -1.52. The number of hydrogen-bond donors (Lipinski definition) is 2. The van der Waals surface area contributed by atoms with E-state index in [1.807, 2.05) is 30.3 Å². The first-order chi connectivity index (χ1) is 12.8. The van der Waals surface area contributed by atoms with Crippen LogP contribution in [0, 0.1) is 0 Å². The number of halogens is 1. The number of amides is 2. The number of benzene rings is 2. The zero-order valence-electron chi connectivity index (χ0n) is 14.7. The van der Waals surface area contributed by atoms with Gasteiger partial charge in [-0.1, -0.05) is 58.4 Å². The summed E-state index contributed by atoms with van der Waals surface area (Å²) in [4.78, 5) is 23.6. The van der Waals surface area contributed by atoms with Gasteiger partial charge in [-0.2, -0.15) is 0 Å². The Balaban J connectivity index is 1.68. The van der Waals surface area contributed by atoms with Gasteiger partial charge < -0.3 is 10.6 Å². The highest BCUT2D eigenvalue weighted by Gasteiger charge is 2.17. The highest BCUT2D eigenvalue weighted by Crippen LogP contribution is 2.14. The van der Waals surface area contributed by atoms with E-state index in [0.29, 0.717) is 5.56 Å². The van der Waals surface area contributed by atoms with Crippen molar-refractivity contribution in [3.8, 4) is 0 Å². The van der Waals surface area contributed by atoms with E-state index in [0.717, 1.165) is 10.0 Å².